The van der Waals surface area contributed by atoms with Crippen LogP contribution in [0.15, 0.2) is 0 Å². The molecule has 0 aliphatic heterocycles. The van der Waals surface area contributed by atoms with Crippen LogP contribution in [0.25, 0.3) is 0 Å². The van der Waals surface area contributed by atoms with Gasteiger partial charge in [0.2, 0.25) is 0 Å². The Labute approximate surface area is 330 Å². The Kier molecular flexibility index (Phi) is 13.0. The van der Waals surface area contributed by atoms with Gasteiger partial charge in [-0.25, -0.2) is 0 Å². The minimum absolute atomic E-state index is 0.914. The van der Waals surface area contributed by atoms with E-state index in [4.69, 9.17) is 0 Å². The maximum absolute atomic E-state index is 3.28. The summed E-state index contributed by atoms with van der Waals surface area (Å²) in [5.41, 5.74) is 0. The molecule has 7 atom stereocenters. The van der Waals surface area contributed by atoms with Crippen LogP contribution in [0.2, 0.25) is 0 Å². The molecule has 0 N–H and O–H groups in total. The summed E-state index contributed by atoms with van der Waals surface area (Å²) in [7, 11) is 0. The second-order valence-electron chi connectivity index (χ2n) is 22.9. The van der Waals surface area contributed by atoms with Crippen molar-refractivity contribution < 1.29 is 0 Å². The lowest BCUT2D eigenvalue weighted by Crippen LogP contribution is -2.56. The van der Waals surface area contributed by atoms with E-state index in [1.165, 1.54) is 57.8 Å². The van der Waals surface area contributed by atoms with Crippen LogP contribution < -0.4 is 0 Å². The quantitative estimate of drug-likeness (QED) is 0.252. The molecule has 0 aromatic rings. The molecule has 1 heteroatoms. The number of hydrogen-bond donors (Lipinski definition) is 0. The topological polar surface area (TPSA) is 3.24 Å². The van der Waals surface area contributed by atoms with E-state index >= 15 is 0 Å². The summed E-state index contributed by atoms with van der Waals surface area (Å²) >= 11 is 0. The third-order valence-corrected chi connectivity index (χ3v) is 20.3. The average Bonchev–Trinajstić information content (AvgIpc) is 3.22. The summed E-state index contributed by atoms with van der Waals surface area (Å²) in [6, 6.07) is 2.74. The fraction of sp³-hybridized carbons (Fsp3) is 1.00. The summed E-state index contributed by atoms with van der Waals surface area (Å²) in [6.07, 6.45) is 51.9. The third-order valence-electron chi connectivity index (χ3n) is 20.3. The molecular weight excluding hydrogens is 639 g/mol. The smallest absolute Gasteiger partial charge is 0.0101 e. The van der Waals surface area contributed by atoms with Gasteiger partial charge in [-0.2, -0.15) is 0 Å². The molecule has 0 radical (unpaired) electrons. The first-order valence-corrected chi connectivity index (χ1v) is 25.9. The van der Waals surface area contributed by atoms with Gasteiger partial charge in [-0.1, -0.05) is 104 Å². The zero-order valence-corrected chi connectivity index (χ0v) is 35.6. The summed E-state index contributed by atoms with van der Waals surface area (Å²) in [5, 5.41) is 0. The van der Waals surface area contributed by atoms with Gasteiger partial charge in [-0.15, -0.1) is 0 Å². The van der Waals surface area contributed by atoms with Crippen LogP contribution in [0.1, 0.15) is 226 Å². The van der Waals surface area contributed by atoms with Crippen molar-refractivity contribution in [1.29, 1.82) is 0 Å². The van der Waals surface area contributed by atoms with Gasteiger partial charge in [0.25, 0.3) is 0 Å². The van der Waals surface area contributed by atoms with E-state index in [1.54, 1.807) is 154 Å². The highest BCUT2D eigenvalue weighted by molar-refractivity contribution is 5.06. The van der Waals surface area contributed by atoms with Gasteiger partial charge in [0.15, 0.2) is 0 Å². The monoisotopic (exact) mass is 728 g/mol. The largest absolute Gasteiger partial charge is 0.294 e. The van der Waals surface area contributed by atoms with Gasteiger partial charge in [0, 0.05) is 18.1 Å². The van der Waals surface area contributed by atoms with Crippen LogP contribution in [-0.2, 0) is 0 Å². The van der Waals surface area contributed by atoms with E-state index in [-0.39, 0.29) is 0 Å². The normalized spacial score (nSPS) is 48.2. The molecule has 0 bridgehead atoms. The molecule has 0 heterocycles. The lowest BCUT2D eigenvalue weighted by Gasteiger charge is -2.62. The van der Waals surface area contributed by atoms with Crippen molar-refractivity contribution in [3.63, 3.8) is 0 Å². The van der Waals surface area contributed by atoms with Crippen molar-refractivity contribution in [2.75, 3.05) is 0 Å². The van der Waals surface area contributed by atoms with Crippen molar-refractivity contribution >= 4 is 0 Å². The number of nitrogens with zero attached hydrogens (tertiary/aromatic N) is 1. The van der Waals surface area contributed by atoms with Crippen molar-refractivity contribution in [2.45, 2.75) is 244 Å². The summed E-state index contributed by atoms with van der Waals surface area (Å²) < 4.78 is 0. The van der Waals surface area contributed by atoms with Gasteiger partial charge in [-0.3, -0.25) is 4.90 Å². The molecule has 9 fully saturated rings. The number of rotatable bonds is 7. The minimum atomic E-state index is 0.914. The predicted octanol–water partition coefficient (Wildman–Crippen LogP) is 15.1. The fourth-order valence-electron chi connectivity index (χ4n) is 17.9. The molecule has 1 nitrogen and oxygen atoms in total. The maximum atomic E-state index is 3.28. The molecule has 53 heavy (non-hydrogen) atoms. The maximum Gasteiger partial charge on any atom is 0.0101 e. The third kappa shape index (κ3) is 8.31. The van der Waals surface area contributed by atoms with Crippen LogP contribution in [0.5, 0.6) is 0 Å². The highest BCUT2D eigenvalue weighted by Crippen LogP contribution is 2.64. The Morgan fingerprint density at radius 3 is 1.13 bits per heavy atom. The zero-order chi connectivity index (χ0) is 35.7. The van der Waals surface area contributed by atoms with E-state index < -0.39 is 0 Å². The molecule has 0 spiro atoms. The minimum Gasteiger partial charge on any atom is -0.294 e. The Bertz CT molecular complexity index is 1050. The molecule has 9 aliphatic rings. The average molecular weight is 728 g/mol. The molecule has 0 amide bonds. The van der Waals surface area contributed by atoms with E-state index in [2.05, 4.69) is 18.7 Å². The first-order chi connectivity index (χ1) is 26.1. The molecular formula is C52H89N. The van der Waals surface area contributed by atoms with Gasteiger partial charge < -0.3 is 0 Å². The van der Waals surface area contributed by atoms with Crippen molar-refractivity contribution in [3.8, 4) is 0 Å². The summed E-state index contributed by atoms with van der Waals surface area (Å²) in [4.78, 5) is 3.28. The Hall–Kier alpha value is -0.0400. The van der Waals surface area contributed by atoms with E-state index in [9.17, 15) is 0 Å². The van der Waals surface area contributed by atoms with Crippen LogP contribution in [0.4, 0.5) is 0 Å². The lowest BCUT2D eigenvalue weighted by atomic mass is 9.43. The molecule has 9 aliphatic carbocycles. The second-order valence-corrected chi connectivity index (χ2v) is 22.9. The van der Waals surface area contributed by atoms with Crippen molar-refractivity contribution in [1.82, 2.24) is 4.90 Å². The van der Waals surface area contributed by atoms with Gasteiger partial charge in [0.1, 0.15) is 0 Å². The number of fused-ring (bicyclic) bond motifs is 2. The fourth-order valence-corrected chi connectivity index (χ4v) is 17.9. The molecule has 0 aromatic carbocycles. The highest BCUT2D eigenvalue weighted by Gasteiger charge is 2.57. The Balaban J connectivity index is 0.940. The Morgan fingerprint density at radius 1 is 0.264 bits per heavy atom. The molecule has 9 rings (SSSR count). The predicted molar refractivity (Wildman–Crippen MR) is 226 cm³/mol. The van der Waals surface area contributed by atoms with Crippen LogP contribution in [0.3, 0.4) is 0 Å². The second kappa shape index (κ2) is 17.8. The van der Waals surface area contributed by atoms with Crippen molar-refractivity contribution in [3.05, 3.63) is 0 Å². The zero-order valence-electron chi connectivity index (χ0n) is 35.6. The Morgan fingerprint density at radius 2 is 0.642 bits per heavy atom. The van der Waals surface area contributed by atoms with E-state index in [0.717, 1.165) is 101 Å². The molecule has 7 unspecified atom stereocenters. The van der Waals surface area contributed by atoms with Crippen LogP contribution in [-0.4, -0.2) is 23.0 Å². The number of hydrogen-bond acceptors (Lipinski definition) is 1. The summed E-state index contributed by atoms with van der Waals surface area (Å²) in [6.45, 7) is 5.08. The van der Waals surface area contributed by atoms with Crippen LogP contribution >= 0.6 is 0 Å². The highest BCUT2D eigenvalue weighted by atomic mass is 15.2. The van der Waals surface area contributed by atoms with Crippen molar-refractivity contribution in [2.24, 2.45) is 82.9 Å². The van der Waals surface area contributed by atoms with E-state index in [0.29, 0.717) is 0 Å². The van der Waals surface area contributed by atoms with E-state index in [1.807, 2.05) is 0 Å². The molecule has 0 saturated heterocycles. The first kappa shape index (κ1) is 38.5. The molecule has 0 aromatic heterocycles. The molecule has 9 saturated carbocycles. The lowest BCUT2D eigenvalue weighted by molar-refractivity contribution is -0.132. The van der Waals surface area contributed by atoms with Gasteiger partial charge in [0.05, 0.1) is 0 Å². The molecule has 302 valence electrons. The standard InChI is InChI=1S/C52H89N/c1-36-21-28-42(29-22-36)53(43-30-23-37(2)24-31-43)44-32-25-40(26-33-44)51-45-17-9-11-19-47(45)52(48-20-12-10-18-46(48)51)49-34-27-41(38-13-5-3-6-14-38)35-50(49)39-15-7-4-8-16-39/h36-52H,3-35H2,1-2H3. The first-order valence-electron chi connectivity index (χ1n) is 25.9. The van der Waals surface area contributed by atoms with Gasteiger partial charge >= 0.3 is 0 Å². The summed E-state index contributed by atoms with van der Waals surface area (Å²) in [5.74, 6) is 15.2. The van der Waals surface area contributed by atoms with Gasteiger partial charge in [-0.05, 0) is 205 Å². The SMILES string of the molecule is CC1CCC(N(C2CCC(C)CC2)C2CCC(C3C4CCCCC4C(C4CCC(C5CCCCC5)CC4C4CCCCC4)C4CCCCC43)CC2)CC1. The van der Waals surface area contributed by atoms with Crippen LogP contribution in [0, 0.1) is 82.9 Å².